The highest BCUT2D eigenvalue weighted by Crippen LogP contribution is 2.60. The summed E-state index contributed by atoms with van der Waals surface area (Å²) in [4.78, 5) is 11.4. The molecule has 0 saturated heterocycles. The van der Waals surface area contributed by atoms with Gasteiger partial charge in [-0.15, -0.1) is 0 Å². The molecular formula is C26H32ClNO6. The molecule has 1 aliphatic carbocycles. The van der Waals surface area contributed by atoms with Gasteiger partial charge in [0, 0.05) is 28.6 Å². The zero-order valence-corrected chi connectivity index (χ0v) is 20.6. The average molecular weight is 490 g/mol. The van der Waals surface area contributed by atoms with Gasteiger partial charge in [-0.2, -0.15) is 0 Å². The van der Waals surface area contributed by atoms with Gasteiger partial charge in [0.15, 0.2) is 0 Å². The molecular weight excluding hydrogens is 458 g/mol. The molecule has 0 aromatic heterocycles. The summed E-state index contributed by atoms with van der Waals surface area (Å²) >= 11 is 6.38. The fraction of sp³-hybridized carbons (Fsp3) is 0.500. The number of rotatable bonds is 11. The van der Waals surface area contributed by atoms with Crippen molar-refractivity contribution in [3.05, 3.63) is 58.1 Å². The second kappa shape index (κ2) is 9.74. The van der Waals surface area contributed by atoms with E-state index >= 15 is 0 Å². The first-order chi connectivity index (χ1) is 16.1. The number of ether oxygens (including phenoxy) is 3. The van der Waals surface area contributed by atoms with Gasteiger partial charge < -0.3 is 29.7 Å². The van der Waals surface area contributed by atoms with Gasteiger partial charge in [0.05, 0.1) is 25.9 Å². The van der Waals surface area contributed by atoms with Crippen LogP contribution >= 0.6 is 11.6 Å². The lowest BCUT2D eigenvalue weighted by molar-refractivity contribution is -0.139. The number of carboxylic acids is 1. The van der Waals surface area contributed by atoms with Gasteiger partial charge in [-0.05, 0) is 56.5 Å². The summed E-state index contributed by atoms with van der Waals surface area (Å²) in [5.74, 6) is 0.0159. The number of carboxylic acid groups (broad SMARTS) is 1. The number of hydrogen-bond donors (Lipinski definition) is 3. The van der Waals surface area contributed by atoms with E-state index in [1.165, 1.54) is 0 Å². The monoisotopic (exact) mass is 489 g/mol. The van der Waals surface area contributed by atoms with Crippen LogP contribution in [0.5, 0.6) is 11.5 Å². The Balaban J connectivity index is 1.29. The maximum atomic E-state index is 11.4. The van der Waals surface area contributed by atoms with E-state index in [-0.39, 0.29) is 30.3 Å². The maximum absolute atomic E-state index is 11.4. The Labute approximate surface area is 205 Å². The molecule has 1 aliphatic heterocycles. The molecule has 2 aromatic rings. The van der Waals surface area contributed by atoms with Crippen LogP contribution in [0.1, 0.15) is 49.5 Å². The van der Waals surface area contributed by atoms with Crippen molar-refractivity contribution < 1.29 is 29.2 Å². The highest BCUT2D eigenvalue weighted by atomic mass is 35.5. The van der Waals surface area contributed by atoms with Crippen LogP contribution in [0.3, 0.4) is 0 Å². The third kappa shape index (κ3) is 5.18. The minimum atomic E-state index is -0.830. The molecule has 184 valence electrons. The number of carbonyl (C=O) groups is 1. The maximum Gasteiger partial charge on any atom is 0.311 e. The predicted octanol–water partition coefficient (Wildman–Crippen LogP) is 3.96. The molecule has 5 atom stereocenters. The third-order valence-electron chi connectivity index (χ3n) is 6.62. The van der Waals surface area contributed by atoms with E-state index in [1.54, 1.807) is 13.2 Å². The summed E-state index contributed by atoms with van der Waals surface area (Å²) in [5, 5.41) is 24.0. The Hall–Kier alpha value is -2.32. The first-order valence-electron chi connectivity index (χ1n) is 11.5. The Morgan fingerprint density at radius 3 is 2.74 bits per heavy atom. The number of β-amino-alcohol motifs (C(OH)–C–C–N with tert-alkyl or cyclic N) is 1. The Kier molecular flexibility index (Phi) is 7.10. The molecule has 7 nitrogen and oxygen atoms in total. The lowest BCUT2D eigenvalue weighted by atomic mass is 9.94. The van der Waals surface area contributed by atoms with E-state index < -0.39 is 18.0 Å². The number of aliphatic carboxylic acids is 1. The van der Waals surface area contributed by atoms with Crippen molar-refractivity contribution in [3.63, 3.8) is 0 Å². The van der Waals surface area contributed by atoms with Gasteiger partial charge in [-0.1, -0.05) is 29.8 Å². The van der Waals surface area contributed by atoms with Crippen molar-refractivity contribution in [3.8, 4) is 11.5 Å². The van der Waals surface area contributed by atoms with Gasteiger partial charge >= 0.3 is 5.97 Å². The quantitative estimate of drug-likeness (QED) is 0.439. The Bertz CT molecular complexity index is 1060. The van der Waals surface area contributed by atoms with Crippen LogP contribution < -0.4 is 14.8 Å². The SMILES string of the molecule is COc1ccc(CC(C)(C)NC[C@@H](O)CO[C@H](C)c2cccc3c2[C@@H]2[C@H](O3)[C@H]2C(=O)O)c(Cl)c1. The van der Waals surface area contributed by atoms with E-state index in [9.17, 15) is 15.0 Å². The van der Waals surface area contributed by atoms with Crippen molar-refractivity contribution in [1.29, 1.82) is 0 Å². The van der Waals surface area contributed by atoms with Crippen LogP contribution in [0, 0.1) is 5.92 Å². The Morgan fingerprint density at radius 1 is 1.29 bits per heavy atom. The second-order valence-electron chi connectivity index (χ2n) is 9.76. The van der Waals surface area contributed by atoms with Crippen molar-refractivity contribution in [2.75, 3.05) is 20.3 Å². The summed E-state index contributed by atoms with van der Waals surface area (Å²) in [6, 6.07) is 11.3. The number of aliphatic hydroxyl groups is 1. The number of benzene rings is 2. The highest BCUT2D eigenvalue weighted by Gasteiger charge is 2.63. The molecule has 3 N–H and O–H groups in total. The fourth-order valence-corrected chi connectivity index (χ4v) is 4.96. The zero-order valence-electron chi connectivity index (χ0n) is 19.9. The number of nitrogens with one attached hydrogen (secondary N) is 1. The molecule has 4 rings (SSSR count). The molecule has 0 amide bonds. The van der Waals surface area contributed by atoms with Crippen LogP contribution in [0.4, 0.5) is 0 Å². The minimum Gasteiger partial charge on any atom is -0.497 e. The first-order valence-corrected chi connectivity index (χ1v) is 11.9. The number of hydrogen-bond acceptors (Lipinski definition) is 6. The molecule has 1 fully saturated rings. The number of fused-ring (bicyclic) bond motifs is 3. The van der Waals surface area contributed by atoms with Crippen molar-refractivity contribution in [1.82, 2.24) is 5.32 Å². The molecule has 0 spiro atoms. The Morgan fingerprint density at radius 2 is 2.06 bits per heavy atom. The summed E-state index contributed by atoms with van der Waals surface area (Å²) < 4.78 is 17.0. The van der Waals surface area contributed by atoms with Crippen molar-refractivity contribution in [2.24, 2.45) is 5.92 Å². The van der Waals surface area contributed by atoms with E-state index in [4.69, 9.17) is 25.8 Å². The van der Waals surface area contributed by atoms with Crippen LogP contribution in [-0.2, 0) is 16.0 Å². The van der Waals surface area contributed by atoms with Gasteiger partial charge in [0.2, 0.25) is 0 Å². The number of aliphatic hydroxyl groups excluding tert-OH is 1. The van der Waals surface area contributed by atoms with Crippen molar-refractivity contribution >= 4 is 17.6 Å². The summed E-state index contributed by atoms with van der Waals surface area (Å²) in [5.41, 5.74) is 2.55. The molecule has 34 heavy (non-hydrogen) atoms. The van der Waals surface area contributed by atoms with Crippen LogP contribution in [0.15, 0.2) is 36.4 Å². The molecule has 2 aromatic carbocycles. The normalized spacial score (nSPS) is 22.4. The van der Waals surface area contributed by atoms with E-state index in [1.807, 2.05) is 37.3 Å². The highest BCUT2D eigenvalue weighted by molar-refractivity contribution is 6.31. The molecule has 1 heterocycles. The van der Waals surface area contributed by atoms with Crippen LogP contribution in [-0.4, -0.2) is 54.2 Å². The third-order valence-corrected chi connectivity index (χ3v) is 6.97. The molecule has 0 unspecified atom stereocenters. The van der Waals surface area contributed by atoms with Gasteiger partial charge in [0.1, 0.15) is 23.5 Å². The minimum absolute atomic E-state index is 0.119. The molecule has 2 aliphatic rings. The van der Waals surface area contributed by atoms with Gasteiger partial charge in [-0.3, -0.25) is 4.79 Å². The summed E-state index contributed by atoms with van der Waals surface area (Å²) in [6.45, 7) is 6.53. The molecule has 8 heteroatoms. The second-order valence-corrected chi connectivity index (χ2v) is 10.2. The summed E-state index contributed by atoms with van der Waals surface area (Å²) in [6.07, 6.45) is -0.602. The smallest absolute Gasteiger partial charge is 0.311 e. The molecule has 0 radical (unpaired) electrons. The zero-order chi connectivity index (χ0) is 24.6. The molecule has 0 bridgehead atoms. The van der Waals surface area contributed by atoms with E-state index in [0.29, 0.717) is 23.7 Å². The average Bonchev–Trinajstić information content (AvgIpc) is 3.38. The van der Waals surface area contributed by atoms with E-state index in [0.717, 1.165) is 22.4 Å². The van der Waals surface area contributed by atoms with Crippen molar-refractivity contribution in [2.45, 2.75) is 57.0 Å². The summed E-state index contributed by atoms with van der Waals surface area (Å²) in [7, 11) is 1.61. The van der Waals surface area contributed by atoms with Crippen LogP contribution in [0.25, 0.3) is 0 Å². The van der Waals surface area contributed by atoms with Gasteiger partial charge in [0.25, 0.3) is 0 Å². The van der Waals surface area contributed by atoms with Gasteiger partial charge in [-0.25, -0.2) is 0 Å². The number of halogens is 1. The lowest BCUT2D eigenvalue weighted by Gasteiger charge is -2.29. The standard InChI is InChI=1S/C26H32ClNO6/c1-14(18-6-5-7-20-21(18)22-23(25(30)31)24(22)34-20)33-13-16(29)12-28-26(2,3)11-15-8-9-17(32-4)10-19(15)27/h5-10,14,16,22-24,28-29H,11-13H2,1-4H3,(H,30,31)/t14-,16-,22+,23+,24+/m1/s1. The predicted molar refractivity (Wildman–Crippen MR) is 129 cm³/mol. The van der Waals surface area contributed by atoms with Crippen LogP contribution in [0.2, 0.25) is 5.02 Å². The lowest BCUT2D eigenvalue weighted by Crippen LogP contribution is -2.46. The number of methoxy groups -OCH3 is 1. The fourth-order valence-electron chi connectivity index (χ4n) is 4.72. The largest absolute Gasteiger partial charge is 0.497 e. The van der Waals surface area contributed by atoms with E-state index in [2.05, 4.69) is 19.2 Å². The molecule has 1 saturated carbocycles. The first kappa shape index (κ1) is 24.8. The topological polar surface area (TPSA) is 97.3 Å².